The quantitative estimate of drug-likeness (QED) is 0.386. The van der Waals surface area contributed by atoms with E-state index in [9.17, 15) is 24.3 Å². The number of aliphatic carboxylic acids is 1. The second kappa shape index (κ2) is 14.3. The molecule has 0 aliphatic carbocycles. The molecule has 0 fully saturated rings. The van der Waals surface area contributed by atoms with E-state index in [1.807, 2.05) is 12.1 Å². The number of carbonyl (C=O) groups excluding carboxylic acids is 3. The Labute approximate surface area is 215 Å². The number of benzene rings is 2. The number of alkyl carbamates (subject to hydrolysis) is 2. The molecule has 200 valence electrons. The van der Waals surface area contributed by atoms with Gasteiger partial charge in [-0.3, -0.25) is 0 Å². The van der Waals surface area contributed by atoms with Crippen molar-refractivity contribution in [3.05, 3.63) is 71.8 Å². The summed E-state index contributed by atoms with van der Waals surface area (Å²) in [6.45, 7) is 4.46. The summed E-state index contributed by atoms with van der Waals surface area (Å²) in [6, 6.07) is 16.3. The van der Waals surface area contributed by atoms with Crippen LogP contribution in [0.15, 0.2) is 60.7 Å². The third-order valence-corrected chi connectivity index (χ3v) is 4.72. The smallest absolute Gasteiger partial charge is 0.410 e. The van der Waals surface area contributed by atoms with E-state index in [2.05, 4.69) is 10.6 Å². The lowest BCUT2D eigenvalue weighted by atomic mass is 10.2. The number of nitrogens with one attached hydrogen (secondary N) is 2. The van der Waals surface area contributed by atoms with Crippen molar-refractivity contribution in [3.8, 4) is 0 Å². The molecule has 0 spiro atoms. The number of carboxylic acid groups (broad SMARTS) is 1. The summed E-state index contributed by atoms with van der Waals surface area (Å²) in [5.41, 5.74) is 0.750. The van der Waals surface area contributed by atoms with E-state index in [4.69, 9.17) is 14.2 Å². The minimum atomic E-state index is -1.49. The van der Waals surface area contributed by atoms with Gasteiger partial charge in [0, 0.05) is 13.1 Å². The van der Waals surface area contributed by atoms with Crippen molar-refractivity contribution in [2.24, 2.45) is 0 Å². The van der Waals surface area contributed by atoms with Crippen molar-refractivity contribution >= 4 is 24.2 Å². The second-order valence-corrected chi connectivity index (χ2v) is 9.01. The fourth-order valence-corrected chi connectivity index (χ4v) is 2.99. The molecule has 0 aliphatic rings. The van der Waals surface area contributed by atoms with Crippen LogP contribution in [0.2, 0.25) is 0 Å². The molecule has 0 saturated carbocycles. The third-order valence-electron chi connectivity index (χ3n) is 4.72. The Morgan fingerprint density at radius 3 is 1.92 bits per heavy atom. The van der Waals surface area contributed by atoms with E-state index in [-0.39, 0.29) is 26.3 Å². The first-order valence-electron chi connectivity index (χ1n) is 11.7. The fraction of sp³-hybridized carbons (Fsp3) is 0.385. The maximum absolute atomic E-state index is 12.8. The summed E-state index contributed by atoms with van der Waals surface area (Å²) in [7, 11) is 0. The Kier molecular flexibility index (Phi) is 11.2. The van der Waals surface area contributed by atoms with E-state index < -0.39 is 42.4 Å². The van der Waals surface area contributed by atoms with Crippen LogP contribution in [0.1, 0.15) is 31.9 Å². The van der Waals surface area contributed by atoms with Crippen molar-refractivity contribution in [3.63, 3.8) is 0 Å². The molecule has 2 aromatic carbocycles. The molecule has 0 radical (unpaired) electrons. The van der Waals surface area contributed by atoms with E-state index >= 15 is 0 Å². The lowest BCUT2D eigenvalue weighted by molar-refractivity contribution is -0.139. The molecule has 0 aliphatic heterocycles. The van der Waals surface area contributed by atoms with Gasteiger partial charge >= 0.3 is 24.2 Å². The third kappa shape index (κ3) is 11.8. The van der Waals surface area contributed by atoms with Crippen LogP contribution < -0.4 is 10.6 Å². The van der Waals surface area contributed by atoms with Gasteiger partial charge in [-0.1, -0.05) is 60.7 Å². The first kappa shape index (κ1) is 29.0. The van der Waals surface area contributed by atoms with E-state index in [0.717, 1.165) is 16.0 Å². The van der Waals surface area contributed by atoms with Crippen LogP contribution in [0.3, 0.4) is 0 Å². The Bertz CT molecular complexity index is 1030. The number of hydrogen-bond donors (Lipinski definition) is 3. The largest absolute Gasteiger partial charge is 0.480 e. The predicted molar refractivity (Wildman–Crippen MR) is 134 cm³/mol. The van der Waals surface area contributed by atoms with Crippen LogP contribution in [0.4, 0.5) is 14.4 Å². The number of rotatable bonds is 11. The minimum Gasteiger partial charge on any atom is -0.480 e. The molecule has 0 aromatic heterocycles. The van der Waals surface area contributed by atoms with Gasteiger partial charge in [-0.15, -0.1) is 0 Å². The van der Waals surface area contributed by atoms with Crippen LogP contribution in [0.5, 0.6) is 0 Å². The second-order valence-electron chi connectivity index (χ2n) is 9.01. The summed E-state index contributed by atoms with van der Waals surface area (Å²) < 4.78 is 15.6. The van der Waals surface area contributed by atoms with Crippen molar-refractivity contribution in [2.75, 3.05) is 19.6 Å². The number of carbonyl (C=O) groups is 4. The first-order chi connectivity index (χ1) is 17.5. The maximum atomic E-state index is 12.8. The van der Waals surface area contributed by atoms with E-state index in [1.165, 1.54) is 0 Å². The molecule has 2 rings (SSSR count). The first-order valence-corrected chi connectivity index (χ1v) is 11.7. The Balaban J connectivity index is 2.00. The van der Waals surface area contributed by atoms with E-state index in [1.54, 1.807) is 69.3 Å². The number of amides is 3. The highest BCUT2D eigenvalue weighted by molar-refractivity contribution is 5.81. The number of hydrogen-bond acceptors (Lipinski definition) is 7. The summed E-state index contributed by atoms with van der Waals surface area (Å²) in [5, 5.41) is 14.4. The number of nitrogens with zero attached hydrogens (tertiary/aromatic N) is 1. The van der Waals surface area contributed by atoms with Crippen LogP contribution >= 0.6 is 0 Å². The highest BCUT2D eigenvalue weighted by Gasteiger charge is 2.27. The predicted octanol–water partition coefficient (Wildman–Crippen LogP) is 3.53. The Morgan fingerprint density at radius 1 is 0.865 bits per heavy atom. The zero-order valence-electron chi connectivity index (χ0n) is 21.1. The van der Waals surface area contributed by atoms with Gasteiger partial charge in [0.2, 0.25) is 0 Å². The molecular weight excluding hydrogens is 482 g/mol. The summed E-state index contributed by atoms with van der Waals surface area (Å²) in [6.07, 6.45) is -2.47. The summed E-state index contributed by atoms with van der Waals surface area (Å²) in [4.78, 5) is 49.9. The van der Waals surface area contributed by atoms with Crippen molar-refractivity contribution < 1.29 is 38.5 Å². The zero-order chi connectivity index (χ0) is 27.3. The molecule has 1 atom stereocenters. The molecule has 0 saturated heterocycles. The SMILES string of the molecule is CC(C)(C)OC(=O)NCCN(C[C@H](NC(=O)OCc1ccccc1)C(=O)O)C(=O)OCc1ccccc1. The zero-order valence-corrected chi connectivity index (χ0v) is 21.1. The number of ether oxygens (including phenoxy) is 3. The highest BCUT2D eigenvalue weighted by Crippen LogP contribution is 2.07. The van der Waals surface area contributed by atoms with Crippen molar-refractivity contribution in [1.29, 1.82) is 0 Å². The van der Waals surface area contributed by atoms with E-state index in [0.29, 0.717) is 0 Å². The average molecular weight is 516 g/mol. The van der Waals surface area contributed by atoms with Crippen LogP contribution in [-0.2, 0) is 32.2 Å². The van der Waals surface area contributed by atoms with Crippen LogP contribution in [0.25, 0.3) is 0 Å². The van der Waals surface area contributed by atoms with Crippen molar-refractivity contribution in [1.82, 2.24) is 15.5 Å². The van der Waals surface area contributed by atoms with Gasteiger partial charge in [-0.2, -0.15) is 0 Å². The van der Waals surface area contributed by atoms with Gasteiger partial charge in [0.1, 0.15) is 24.9 Å². The van der Waals surface area contributed by atoms with Gasteiger partial charge in [0.25, 0.3) is 0 Å². The molecule has 37 heavy (non-hydrogen) atoms. The molecule has 0 bridgehead atoms. The molecule has 2 aromatic rings. The lowest BCUT2D eigenvalue weighted by Crippen LogP contribution is -2.51. The standard InChI is InChI=1S/C26H33N3O8/c1-26(2,3)37-23(32)27-14-15-29(25(34)36-18-20-12-8-5-9-13-20)16-21(22(30)31)28-24(33)35-17-19-10-6-4-7-11-19/h4-13,21H,14-18H2,1-3H3,(H,27,32)(H,28,33)(H,30,31)/t21-/m0/s1. The molecular formula is C26H33N3O8. The van der Waals surface area contributed by atoms with Gasteiger partial charge in [-0.25, -0.2) is 19.2 Å². The maximum Gasteiger partial charge on any atom is 0.410 e. The number of carboxylic acids is 1. The lowest BCUT2D eigenvalue weighted by Gasteiger charge is -2.26. The summed E-state index contributed by atoms with van der Waals surface area (Å²) in [5.74, 6) is -1.38. The van der Waals surface area contributed by atoms with Crippen molar-refractivity contribution in [2.45, 2.75) is 45.6 Å². The topological polar surface area (TPSA) is 144 Å². The van der Waals surface area contributed by atoms with Gasteiger partial charge in [0.05, 0.1) is 6.54 Å². The summed E-state index contributed by atoms with van der Waals surface area (Å²) >= 11 is 0. The monoisotopic (exact) mass is 515 g/mol. The van der Waals surface area contributed by atoms with Gasteiger partial charge in [-0.05, 0) is 31.9 Å². The molecule has 3 amide bonds. The Hall–Kier alpha value is -4.28. The molecule has 0 unspecified atom stereocenters. The normalized spacial score (nSPS) is 11.5. The van der Waals surface area contributed by atoms with Crippen LogP contribution in [-0.4, -0.2) is 65.5 Å². The molecule has 0 heterocycles. The van der Waals surface area contributed by atoms with Gasteiger partial charge in [0.15, 0.2) is 0 Å². The minimum absolute atomic E-state index is 0.0415. The molecule has 11 nitrogen and oxygen atoms in total. The Morgan fingerprint density at radius 2 is 1.41 bits per heavy atom. The van der Waals surface area contributed by atoms with Crippen LogP contribution in [0, 0.1) is 0 Å². The molecule has 11 heteroatoms. The fourth-order valence-electron chi connectivity index (χ4n) is 2.99. The molecule has 3 N–H and O–H groups in total. The average Bonchev–Trinajstić information content (AvgIpc) is 2.85. The highest BCUT2D eigenvalue weighted by atomic mass is 16.6. The van der Waals surface area contributed by atoms with Gasteiger partial charge < -0.3 is 34.9 Å².